The lowest BCUT2D eigenvalue weighted by Gasteiger charge is -1.96. The Kier molecular flexibility index (Phi) is 4.65. The molecule has 0 aromatic heterocycles. The summed E-state index contributed by atoms with van der Waals surface area (Å²) in [7, 11) is 0. The highest BCUT2D eigenvalue weighted by Crippen LogP contribution is 2.09. The van der Waals surface area contributed by atoms with Crippen molar-refractivity contribution < 1.29 is 5.11 Å². The molecular formula is C11H14OS. The van der Waals surface area contributed by atoms with Crippen molar-refractivity contribution >= 4 is 12.6 Å². The Labute approximate surface area is 84.5 Å². The van der Waals surface area contributed by atoms with Crippen molar-refractivity contribution in [2.75, 3.05) is 6.61 Å². The summed E-state index contributed by atoms with van der Waals surface area (Å²) in [5.41, 5.74) is 1.25. The number of aliphatic hydroxyl groups is 1. The van der Waals surface area contributed by atoms with Crippen LogP contribution < -0.4 is 0 Å². The van der Waals surface area contributed by atoms with Crippen molar-refractivity contribution in [3.63, 3.8) is 0 Å². The highest BCUT2D eigenvalue weighted by atomic mass is 32.1. The largest absolute Gasteiger partial charge is 0.396 e. The maximum atomic E-state index is 8.54. The standard InChI is InChI=1S/C11H14OS/c12-8-3-1-2-5-10-6-4-7-11(13)9-10/h1-2,4,6-7,9,12-13H,3,5,8H2. The first-order valence-electron chi connectivity index (χ1n) is 4.36. The third-order valence-corrected chi connectivity index (χ3v) is 2.00. The van der Waals surface area contributed by atoms with Crippen molar-refractivity contribution in [3.8, 4) is 0 Å². The second-order valence-electron chi connectivity index (χ2n) is 2.86. The summed E-state index contributed by atoms with van der Waals surface area (Å²) in [5, 5.41) is 8.54. The Morgan fingerprint density at radius 2 is 2.15 bits per heavy atom. The fourth-order valence-corrected chi connectivity index (χ4v) is 1.35. The van der Waals surface area contributed by atoms with Crippen molar-refractivity contribution in [2.45, 2.75) is 17.7 Å². The molecule has 0 heterocycles. The first-order valence-corrected chi connectivity index (χ1v) is 4.81. The zero-order chi connectivity index (χ0) is 9.52. The van der Waals surface area contributed by atoms with E-state index >= 15 is 0 Å². The number of hydrogen-bond acceptors (Lipinski definition) is 2. The molecule has 0 atom stereocenters. The van der Waals surface area contributed by atoms with Gasteiger partial charge in [-0.05, 0) is 30.5 Å². The Balaban J connectivity index is 2.45. The van der Waals surface area contributed by atoms with Gasteiger partial charge in [-0.2, -0.15) is 0 Å². The normalized spacial score (nSPS) is 10.9. The molecule has 1 aromatic carbocycles. The van der Waals surface area contributed by atoms with Gasteiger partial charge in [0, 0.05) is 11.5 Å². The minimum Gasteiger partial charge on any atom is -0.396 e. The van der Waals surface area contributed by atoms with Gasteiger partial charge in [0.05, 0.1) is 0 Å². The quantitative estimate of drug-likeness (QED) is 0.557. The zero-order valence-electron chi connectivity index (χ0n) is 7.48. The Morgan fingerprint density at radius 3 is 2.85 bits per heavy atom. The SMILES string of the molecule is OCCC=CCc1cccc(S)c1. The number of rotatable bonds is 4. The van der Waals surface area contributed by atoms with Crippen LogP contribution in [0.3, 0.4) is 0 Å². The van der Waals surface area contributed by atoms with E-state index in [-0.39, 0.29) is 6.61 Å². The van der Waals surface area contributed by atoms with Gasteiger partial charge in [-0.1, -0.05) is 24.3 Å². The number of thiol groups is 1. The Bertz CT molecular complexity index is 281. The topological polar surface area (TPSA) is 20.2 Å². The molecule has 0 radical (unpaired) electrons. The molecular weight excluding hydrogens is 180 g/mol. The average Bonchev–Trinajstić information content (AvgIpc) is 2.13. The van der Waals surface area contributed by atoms with E-state index in [0.29, 0.717) is 0 Å². The molecule has 1 N–H and O–H groups in total. The zero-order valence-corrected chi connectivity index (χ0v) is 8.37. The van der Waals surface area contributed by atoms with E-state index < -0.39 is 0 Å². The van der Waals surface area contributed by atoms with E-state index in [0.717, 1.165) is 17.7 Å². The molecule has 70 valence electrons. The fraction of sp³-hybridized carbons (Fsp3) is 0.273. The van der Waals surface area contributed by atoms with Crippen molar-refractivity contribution in [2.24, 2.45) is 0 Å². The molecule has 0 fully saturated rings. The molecule has 0 spiro atoms. The van der Waals surface area contributed by atoms with Crippen LogP contribution in [0.4, 0.5) is 0 Å². The molecule has 0 bridgehead atoms. The number of allylic oxidation sites excluding steroid dienone is 1. The van der Waals surface area contributed by atoms with Gasteiger partial charge in [-0.15, -0.1) is 12.6 Å². The van der Waals surface area contributed by atoms with Gasteiger partial charge in [0.2, 0.25) is 0 Å². The Hall–Kier alpha value is -0.730. The van der Waals surface area contributed by atoms with E-state index in [1.54, 1.807) is 0 Å². The molecule has 0 aliphatic carbocycles. The molecule has 13 heavy (non-hydrogen) atoms. The van der Waals surface area contributed by atoms with Crippen LogP contribution in [0, 0.1) is 0 Å². The van der Waals surface area contributed by atoms with Crippen LogP contribution in [0.25, 0.3) is 0 Å². The van der Waals surface area contributed by atoms with Crippen LogP contribution in [-0.4, -0.2) is 11.7 Å². The predicted molar refractivity (Wildman–Crippen MR) is 58.2 cm³/mol. The summed E-state index contributed by atoms with van der Waals surface area (Å²) in [6.45, 7) is 0.225. The van der Waals surface area contributed by atoms with Crippen LogP contribution in [0.5, 0.6) is 0 Å². The van der Waals surface area contributed by atoms with Crippen LogP contribution in [0.1, 0.15) is 12.0 Å². The van der Waals surface area contributed by atoms with Crippen LogP contribution in [0.2, 0.25) is 0 Å². The van der Waals surface area contributed by atoms with E-state index in [1.165, 1.54) is 5.56 Å². The lowest BCUT2D eigenvalue weighted by molar-refractivity contribution is 0.302. The van der Waals surface area contributed by atoms with Gasteiger partial charge in [0.25, 0.3) is 0 Å². The monoisotopic (exact) mass is 194 g/mol. The molecule has 0 saturated carbocycles. The minimum absolute atomic E-state index is 0.225. The molecule has 2 heteroatoms. The van der Waals surface area contributed by atoms with Gasteiger partial charge in [0.15, 0.2) is 0 Å². The lowest BCUT2D eigenvalue weighted by atomic mass is 10.1. The molecule has 0 saturated heterocycles. The maximum absolute atomic E-state index is 8.54. The first-order chi connectivity index (χ1) is 6.33. The summed E-state index contributed by atoms with van der Waals surface area (Å²) < 4.78 is 0. The third kappa shape index (κ3) is 4.15. The van der Waals surface area contributed by atoms with Gasteiger partial charge < -0.3 is 5.11 Å². The fourth-order valence-electron chi connectivity index (χ4n) is 1.10. The van der Waals surface area contributed by atoms with Crippen LogP contribution in [-0.2, 0) is 6.42 Å². The van der Waals surface area contributed by atoms with E-state index in [2.05, 4.69) is 24.8 Å². The summed E-state index contributed by atoms with van der Waals surface area (Å²) in [6.07, 6.45) is 5.71. The van der Waals surface area contributed by atoms with Crippen LogP contribution in [0.15, 0.2) is 41.3 Å². The molecule has 0 unspecified atom stereocenters. The lowest BCUT2D eigenvalue weighted by Crippen LogP contribution is -1.81. The van der Waals surface area contributed by atoms with Crippen LogP contribution >= 0.6 is 12.6 Å². The Morgan fingerprint density at radius 1 is 1.31 bits per heavy atom. The van der Waals surface area contributed by atoms with Crippen molar-refractivity contribution in [3.05, 3.63) is 42.0 Å². The summed E-state index contributed by atoms with van der Waals surface area (Å²) >= 11 is 4.25. The summed E-state index contributed by atoms with van der Waals surface area (Å²) in [5.74, 6) is 0. The third-order valence-electron chi connectivity index (χ3n) is 1.73. The molecule has 0 aliphatic rings. The second-order valence-corrected chi connectivity index (χ2v) is 3.37. The van der Waals surface area contributed by atoms with Gasteiger partial charge in [0.1, 0.15) is 0 Å². The maximum Gasteiger partial charge on any atom is 0.0465 e. The van der Waals surface area contributed by atoms with Gasteiger partial charge >= 0.3 is 0 Å². The smallest absolute Gasteiger partial charge is 0.0465 e. The number of hydrogen-bond donors (Lipinski definition) is 2. The highest BCUT2D eigenvalue weighted by Gasteiger charge is 1.89. The van der Waals surface area contributed by atoms with Gasteiger partial charge in [-0.25, -0.2) is 0 Å². The molecule has 1 aromatic rings. The number of benzene rings is 1. The van der Waals surface area contributed by atoms with E-state index in [1.807, 2.05) is 24.3 Å². The van der Waals surface area contributed by atoms with Crippen molar-refractivity contribution in [1.82, 2.24) is 0 Å². The van der Waals surface area contributed by atoms with E-state index in [9.17, 15) is 0 Å². The summed E-state index contributed by atoms with van der Waals surface area (Å²) in [6, 6.07) is 8.08. The predicted octanol–water partition coefficient (Wildman–Crippen LogP) is 2.46. The highest BCUT2D eigenvalue weighted by molar-refractivity contribution is 7.80. The molecule has 1 nitrogen and oxygen atoms in total. The summed E-state index contributed by atoms with van der Waals surface area (Å²) in [4.78, 5) is 0.994. The molecule has 1 rings (SSSR count). The van der Waals surface area contributed by atoms with Crippen molar-refractivity contribution in [1.29, 1.82) is 0 Å². The minimum atomic E-state index is 0.225. The average molecular weight is 194 g/mol. The van der Waals surface area contributed by atoms with Gasteiger partial charge in [-0.3, -0.25) is 0 Å². The molecule has 0 amide bonds. The second kappa shape index (κ2) is 5.84. The van der Waals surface area contributed by atoms with E-state index in [4.69, 9.17) is 5.11 Å². The first kappa shape index (κ1) is 10.4. The molecule has 0 aliphatic heterocycles. The number of aliphatic hydroxyl groups excluding tert-OH is 1.